The van der Waals surface area contributed by atoms with Crippen LogP contribution in [0.15, 0.2) is 18.2 Å². The number of carbonyl (C=O) groups is 1. The maximum absolute atomic E-state index is 13.6. The monoisotopic (exact) mass is 250 g/mol. The molecule has 2 rings (SSSR count). The Morgan fingerprint density at radius 1 is 1.50 bits per heavy atom. The normalized spacial score (nSPS) is 10.4. The average Bonchev–Trinajstić information content (AvgIpc) is 2.71. The largest absolute Gasteiger partial charge is 0.494 e. The first-order valence-corrected chi connectivity index (χ1v) is 5.16. The first kappa shape index (κ1) is 12.1. The summed E-state index contributed by atoms with van der Waals surface area (Å²) in [6.07, 6.45) is 0. The second-order valence-corrected chi connectivity index (χ2v) is 3.73. The van der Waals surface area contributed by atoms with Gasteiger partial charge in [-0.1, -0.05) is 0 Å². The standard InChI is InChI=1S/C12H11FN2O3/c1-6-10(12(16)17)11(15-14-6)7-3-4-9(18-2)8(13)5-7/h3-5H,1-2H3,(H,14,15)(H,16,17). The highest BCUT2D eigenvalue weighted by Gasteiger charge is 2.19. The van der Waals surface area contributed by atoms with E-state index >= 15 is 0 Å². The molecule has 0 saturated heterocycles. The Balaban J connectivity index is 2.56. The van der Waals surface area contributed by atoms with Crippen LogP contribution < -0.4 is 4.74 Å². The highest BCUT2D eigenvalue weighted by molar-refractivity contribution is 5.96. The van der Waals surface area contributed by atoms with E-state index in [1.165, 1.54) is 19.2 Å². The molecule has 0 aliphatic heterocycles. The lowest BCUT2D eigenvalue weighted by Crippen LogP contribution is -1.99. The summed E-state index contributed by atoms with van der Waals surface area (Å²) in [6.45, 7) is 1.60. The maximum atomic E-state index is 13.6. The van der Waals surface area contributed by atoms with Crippen LogP contribution in [0.4, 0.5) is 4.39 Å². The van der Waals surface area contributed by atoms with Gasteiger partial charge in [0.15, 0.2) is 11.6 Å². The number of hydrogen-bond donors (Lipinski definition) is 2. The van der Waals surface area contributed by atoms with Crippen LogP contribution in [0.25, 0.3) is 11.3 Å². The number of aromatic carboxylic acids is 1. The molecule has 0 unspecified atom stereocenters. The zero-order chi connectivity index (χ0) is 13.3. The van der Waals surface area contributed by atoms with Gasteiger partial charge in [0.05, 0.1) is 7.11 Å². The third-order valence-electron chi connectivity index (χ3n) is 2.59. The lowest BCUT2D eigenvalue weighted by atomic mass is 10.1. The molecule has 0 saturated carbocycles. The Morgan fingerprint density at radius 2 is 2.22 bits per heavy atom. The molecule has 0 fully saturated rings. The molecule has 0 amide bonds. The number of hydrogen-bond acceptors (Lipinski definition) is 3. The van der Waals surface area contributed by atoms with Gasteiger partial charge in [0.25, 0.3) is 0 Å². The molecule has 1 aromatic heterocycles. The third kappa shape index (κ3) is 1.92. The Morgan fingerprint density at radius 3 is 2.78 bits per heavy atom. The summed E-state index contributed by atoms with van der Waals surface area (Å²) >= 11 is 0. The summed E-state index contributed by atoms with van der Waals surface area (Å²) in [4.78, 5) is 11.1. The molecule has 1 aromatic carbocycles. The van der Waals surface area contributed by atoms with Crippen molar-refractivity contribution >= 4 is 5.97 Å². The van der Waals surface area contributed by atoms with Gasteiger partial charge in [0.1, 0.15) is 11.3 Å². The predicted octanol–water partition coefficient (Wildman–Crippen LogP) is 2.23. The number of carboxylic acids is 1. The van der Waals surface area contributed by atoms with E-state index in [0.29, 0.717) is 11.3 Å². The lowest BCUT2D eigenvalue weighted by Gasteiger charge is -2.04. The van der Waals surface area contributed by atoms with Gasteiger partial charge in [-0.15, -0.1) is 0 Å². The van der Waals surface area contributed by atoms with Crippen LogP contribution in [0.1, 0.15) is 16.1 Å². The number of aromatic nitrogens is 2. The van der Waals surface area contributed by atoms with Crippen molar-refractivity contribution in [2.75, 3.05) is 7.11 Å². The van der Waals surface area contributed by atoms with E-state index in [9.17, 15) is 9.18 Å². The zero-order valence-corrected chi connectivity index (χ0v) is 9.82. The summed E-state index contributed by atoms with van der Waals surface area (Å²) in [7, 11) is 1.36. The van der Waals surface area contributed by atoms with Crippen molar-refractivity contribution in [3.63, 3.8) is 0 Å². The molecular weight excluding hydrogens is 239 g/mol. The number of aryl methyl sites for hydroxylation is 1. The van der Waals surface area contributed by atoms with Crippen LogP contribution >= 0.6 is 0 Å². The van der Waals surface area contributed by atoms with Crippen molar-refractivity contribution in [2.24, 2.45) is 0 Å². The quantitative estimate of drug-likeness (QED) is 0.875. The van der Waals surface area contributed by atoms with Crippen LogP contribution in [-0.2, 0) is 0 Å². The number of nitrogens with zero attached hydrogens (tertiary/aromatic N) is 1. The van der Waals surface area contributed by atoms with Gasteiger partial charge in [-0.05, 0) is 25.1 Å². The molecule has 0 spiro atoms. The van der Waals surface area contributed by atoms with Gasteiger partial charge in [-0.2, -0.15) is 5.10 Å². The van der Waals surface area contributed by atoms with Gasteiger partial charge >= 0.3 is 5.97 Å². The molecule has 94 valence electrons. The Hall–Kier alpha value is -2.37. The average molecular weight is 250 g/mol. The van der Waals surface area contributed by atoms with E-state index in [4.69, 9.17) is 9.84 Å². The Kier molecular flexibility index (Phi) is 3.01. The van der Waals surface area contributed by atoms with Crippen molar-refractivity contribution < 1.29 is 19.0 Å². The fourth-order valence-electron chi connectivity index (χ4n) is 1.71. The molecule has 5 nitrogen and oxygen atoms in total. The Bertz CT molecular complexity index is 607. The highest BCUT2D eigenvalue weighted by atomic mass is 19.1. The van der Waals surface area contributed by atoms with Crippen molar-refractivity contribution in [1.82, 2.24) is 10.2 Å². The zero-order valence-electron chi connectivity index (χ0n) is 9.82. The van der Waals surface area contributed by atoms with Crippen molar-refractivity contribution in [1.29, 1.82) is 0 Å². The molecule has 0 aliphatic rings. The van der Waals surface area contributed by atoms with Crippen LogP contribution in [0, 0.1) is 12.7 Å². The topological polar surface area (TPSA) is 75.2 Å². The minimum atomic E-state index is -1.10. The van der Waals surface area contributed by atoms with Gasteiger partial charge in [0, 0.05) is 11.3 Å². The van der Waals surface area contributed by atoms with E-state index in [2.05, 4.69) is 10.2 Å². The first-order chi connectivity index (χ1) is 8.54. The van der Waals surface area contributed by atoms with Crippen molar-refractivity contribution in [3.8, 4) is 17.0 Å². The number of benzene rings is 1. The summed E-state index contributed by atoms with van der Waals surface area (Å²) < 4.78 is 18.4. The minimum absolute atomic E-state index is 0.0413. The van der Waals surface area contributed by atoms with E-state index < -0.39 is 11.8 Å². The number of carboxylic acid groups (broad SMARTS) is 1. The molecule has 6 heteroatoms. The van der Waals surface area contributed by atoms with Gasteiger partial charge < -0.3 is 9.84 Å². The van der Waals surface area contributed by atoms with Crippen LogP contribution in [0.2, 0.25) is 0 Å². The van der Waals surface area contributed by atoms with Crippen LogP contribution in [0.3, 0.4) is 0 Å². The number of nitrogens with one attached hydrogen (secondary N) is 1. The van der Waals surface area contributed by atoms with Crippen molar-refractivity contribution in [3.05, 3.63) is 35.3 Å². The smallest absolute Gasteiger partial charge is 0.339 e. The number of aromatic amines is 1. The summed E-state index contributed by atoms with van der Waals surface area (Å²) in [5, 5.41) is 15.6. The number of halogens is 1. The van der Waals surface area contributed by atoms with Crippen molar-refractivity contribution in [2.45, 2.75) is 6.92 Å². The summed E-state index contributed by atoms with van der Waals surface area (Å²) in [6, 6.07) is 4.19. The van der Waals surface area contributed by atoms with E-state index in [1.54, 1.807) is 13.0 Å². The van der Waals surface area contributed by atoms with Crippen LogP contribution in [-0.4, -0.2) is 28.4 Å². The number of ether oxygens (including phenoxy) is 1. The van der Waals surface area contributed by atoms with Crippen LogP contribution in [0.5, 0.6) is 5.75 Å². The predicted molar refractivity (Wildman–Crippen MR) is 62.2 cm³/mol. The SMILES string of the molecule is COc1ccc(-c2n[nH]c(C)c2C(=O)O)cc1F. The van der Waals surface area contributed by atoms with E-state index in [1.807, 2.05) is 0 Å². The molecule has 1 heterocycles. The van der Waals surface area contributed by atoms with Gasteiger partial charge in [-0.25, -0.2) is 9.18 Å². The van der Waals surface area contributed by atoms with Gasteiger partial charge in [-0.3, -0.25) is 5.10 Å². The maximum Gasteiger partial charge on any atom is 0.339 e. The Labute approximate surface area is 102 Å². The van der Waals surface area contributed by atoms with E-state index in [0.717, 1.165) is 0 Å². The molecule has 2 aromatic rings. The molecule has 18 heavy (non-hydrogen) atoms. The number of rotatable bonds is 3. The third-order valence-corrected chi connectivity index (χ3v) is 2.59. The number of methoxy groups -OCH3 is 1. The molecule has 0 aliphatic carbocycles. The molecule has 0 radical (unpaired) electrons. The lowest BCUT2D eigenvalue weighted by molar-refractivity contribution is 0.0697. The summed E-state index contributed by atoms with van der Waals surface area (Å²) in [5.41, 5.74) is 1.06. The fourth-order valence-corrected chi connectivity index (χ4v) is 1.71. The second-order valence-electron chi connectivity index (χ2n) is 3.73. The highest BCUT2D eigenvalue weighted by Crippen LogP contribution is 2.27. The fraction of sp³-hybridized carbons (Fsp3) is 0.167. The minimum Gasteiger partial charge on any atom is -0.494 e. The molecular formula is C12H11FN2O3. The number of H-pyrrole nitrogens is 1. The molecule has 0 bridgehead atoms. The second kappa shape index (κ2) is 4.48. The van der Waals surface area contributed by atoms with Gasteiger partial charge in [0.2, 0.25) is 0 Å². The molecule has 0 atom stereocenters. The summed E-state index contributed by atoms with van der Waals surface area (Å²) in [5.74, 6) is -1.57. The molecule has 2 N–H and O–H groups in total. The first-order valence-electron chi connectivity index (χ1n) is 5.16. The van der Waals surface area contributed by atoms with E-state index in [-0.39, 0.29) is 17.0 Å².